The van der Waals surface area contributed by atoms with Gasteiger partial charge in [0.15, 0.2) is 0 Å². The van der Waals surface area contributed by atoms with Gasteiger partial charge in [-0.15, -0.1) is 0 Å². The Morgan fingerprint density at radius 3 is 0.610 bits per heavy atom. The molecule has 0 unspecified atom stereocenters. The maximum Gasteiger partial charge on any atom is 0.0701 e. The van der Waals surface area contributed by atoms with E-state index in [2.05, 4.69) is 114 Å². The maximum absolute atomic E-state index is 6.08. The number of rotatable bonds is 30. The van der Waals surface area contributed by atoms with Gasteiger partial charge in [-0.25, -0.2) is 0 Å². The lowest BCUT2D eigenvalue weighted by atomic mass is 10.1. The van der Waals surface area contributed by atoms with Gasteiger partial charge in [-0.1, -0.05) is 139 Å². The highest BCUT2D eigenvalue weighted by atomic mass is 16.5. The molecule has 7 rings (SSSR count). The molecule has 20 nitrogen and oxygen atoms in total. The van der Waals surface area contributed by atoms with Crippen LogP contribution in [0.2, 0.25) is 0 Å². The lowest BCUT2D eigenvalue weighted by Crippen LogP contribution is -2.34. The highest BCUT2D eigenvalue weighted by Crippen LogP contribution is 2.24. The Balaban J connectivity index is 0.621. The molecule has 0 bridgehead atoms. The van der Waals surface area contributed by atoms with Gasteiger partial charge in [-0.05, 0) is 75.1 Å². The van der Waals surface area contributed by atoms with Crippen molar-refractivity contribution in [3.05, 3.63) is 72.1 Å². The number of aromatic nitrogens is 2. The fourth-order valence-corrected chi connectivity index (χ4v) is 13.9. The van der Waals surface area contributed by atoms with Crippen molar-refractivity contribution in [2.75, 3.05) is 263 Å². The molecule has 0 aliphatic carbocycles. The van der Waals surface area contributed by atoms with E-state index in [1.807, 2.05) is 0 Å². The third kappa shape index (κ3) is 38.7. The molecule has 2 aromatic carbocycles. The summed E-state index contributed by atoms with van der Waals surface area (Å²) in [6.07, 6.45) is 30.5. The SMILES string of the molecule is Cn1cc(CN2CCOCCOCCN(CCCCCCCCCCCCN3CCOCCOCCN(CCCCCCCCCCCCN4CCOCCOCCN(Cc5cn(C)c6ccccc56)CCOCCOCC4)CCOCCOCC3)CCOCCOCC2)c2ccccc21. The first-order valence-electron chi connectivity index (χ1n) is 39.9. The summed E-state index contributed by atoms with van der Waals surface area (Å²) >= 11 is 0. The number of aryl methyl sites for hydroxylation is 2. The van der Waals surface area contributed by atoms with Crippen molar-refractivity contribution < 1.29 is 56.8 Å². The van der Waals surface area contributed by atoms with Crippen LogP contribution in [0.25, 0.3) is 21.8 Å². The molecule has 0 saturated carbocycles. The van der Waals surface area contributed by atoms with Crippen molar-refractivity contribution in [2.45, 2.75) is 142 Å². The van der Waals surface area contributed by atoms with E-state index >= 15 is 0 Å². The summed E-state index contributed by atoms with van der Waals surface area (Å²) < 4.78 is 77.1. The fraction of sp³-hybridized carbons (Fsp3) is 0.800. The van der Waals surface area contributed by atoms with Crippen LogP contribution in [0.3, 0.4) is 0 Å². The number of nitrogens with zero attached hydrogens (tertiary/aromatic N) is 8. The average molecular weight is 1410 g/mol. The van der Waals surface area contributed by atoms with Gasteiger partial charge in [0.1, 0.15) is 0 Å². The molecule has 3 saturated heterocycles. The van der Waals surface area contributed by atoms with Crippen LogP contribution in [0.15, 0.2) is 60.9 Å². The van der Waals surface area contributed by atoms with Gasteiger partial charge >= 0.3 is 0 Å². The summed E-state index contributed by atoms with van der Waals surface area (Å²) in [4.78, 5) is 14.9. The Labute approximate surface area is 605 Å². The van der Waals surface area contributed by atoms with E-state index in [-0.39, 0.29) is 0 Å². The first kappa shape index (κ1) is 84.1. The van der Waals surface area contributed by atoms with E-state index < -0.39 is 0 Å². The summed E-state index contributed by atoms with van der Waals surface area (Å²) in [5.74, 6) is 0. The largest absolute Gasteiger partial charge is 0.378 e. The minimum atomic E-state index is 0.618. The highest BCUT2D eigenvalue weighted by molar-refractivity contribution is 5.84. The lowest BCUT2D eigenvalue weighted by Gasteiger charge is -2.23. The van der Waals surface area contributed by atoms with Crippen molar-refractivity contribution >= 4 is 21.8 Å². The molecule has 0 spiro atoms. The normalized spacial score (nSPS) is 20.2. The molecule has 5 heterocycles. The standard InChI is InChI=1S/C80H140N8O12/c1-81-71-75(77-27-19-21-29-79(77)81)73-87-43-55-97-67-63-93-51-39-85(40-52-94-64-68-98-56-44-87)33-25-17-13-9-5-3-7-11-15-23-31-83-35-47-89-59-61-91-49-37-84(38-50-92-62-60-90-48-36-83)32-24-16-12-8-4-6-10-14-18-26-34-86-41-53-95-65-69-99-57-45-88(46-58-100-70-66-96-54-42-86)74-76-72-82(2)80-30-22-20-28-78(76)80/h19-22,27-30,71-72H,3-18,23-26,31-70,73-74H2,1-2H3. The van der Waals surface area contributed by atoms with Gasteiger partial charge in [0.25, 0.3) is 0 Å². The maximum atomic E-state index is 6.08. The number of para-hydroxylation sites is 2. The van der Waals surface area contributed by atoms with Crippen LogP contribution < -0.4 is 0 Å². The van der Waals surface area contributed by atoms with E-state index in [0.717, 1.165) is 171 Å². The van der Waals surface area contributed by atoms with Crippen LogP contribution in [0.5, 0.6) is 0 Å². The van der Waals surface area contributed by atoms with E-state index in [1.165, 1.54) is 161 Å². The Bertz CT molecular complexity index is 2320. The van der Waals surface area contributed by atoms with Gasteiger partial charge in [0.05, 0.1) is 159 Å². The lowest BCUT2D eigenvalue weighted by molar-refractivity contribution is 0.00703. The van der Waals surface area contributed by atoms with Gasteiger partial charge in [-0.3, -0.25) is 29.4 Å². The quantitative estimate of drug-likeness (QED) is 0.0457. The number of benzene rings is 2. The summed E-state index contributed by atoms with van der Waals surface area (Å²) in [7, 11) is 4.25. The second-order valence-corrected chi connectivity index (χ2v) is 27.9. The van der Waals surface area contributed by atoms with Gasteiger partial charge in [-0.2, -0.15) is 0 Å². The van der Waals surface area contributed by atoms with Gasteiger partial charge in [0, 0.05) is 140 Å². The molecule has 2 aromatic heterocycles. The minimum Gasteiger partial charge on any atom is -0.378 e. The van der Waals surface area contributed by atoms with Crippen molar-refractivity contribution in [3.63, 3.8) is 0 Å². The molecule has 0 amide bonds. The van der Waals surface area contributed by atoms with Crippen LogP contribution in [-0.4, -0.2) is 302 Å². The first-order chi connectivity index (χ1) is 49.6. The second-order valence-electron chi connectivity index (χ2n) is 27.9. The number of hydrogen-bond donors (Lipinski definition) is 0. The molecule has 100 heavy (non-hydrogen) atoms. The van der Waals surface area contributed by atoms with Crippen molar-refractivity contribution in [2.24, 2.45) is 14.1 Å². The Kier molecular flexibility index (Phi) is 48.0. The van der Waals surface area contributed by atoms with Crippen LogP contribution in [0, 0.1) is 0 Å². The average Bonchev–Trinajstić information content (AvgIpc) is 1.67. The molecule has 3 aliphatic heterocycles. The Morgan fingerprint density at radius 2 is 0.400 bits per heavy atom. The monoisotopic (exact) mass is 1410 g/mol. The molecule has 3 aliphatic rings. The fourth-order valence-electron chi connectivity index (χ4n) is 13.9. The zero-order valence-electron chi connectivity index (χ0n) is 63.1. The first-order valence-corrected chi connectivity index (χ1v) is 39.9. The molecule has 4 aromatic rings. The summed E-state index contributed by atoms with van der Waals surface area (Å²) in [6.45, 7) is 33.1. The zero-order valence-corrected chi connectivity index (χ0v) is 63.1. The molecule has 0 radical (unpaired) electrons. The van der Waals surface area contributed by atoms with Crippen molar-refractivity contribution in [1.29, 1.82) is 0 Å². The molecular weight excluding hydrogens is 1260 g/mol. The van der Waals surface area contributed by atoms with Gasteiger partial charge < -0.3 is 66.0 Å². The summed E-state index contributed by atoms with van der Waals surface area (Å²) in [6, 6.07) is 17.3. The van der Waals surface area contributed by atoms with E-state index in [4.69, 9.17) is 56.8 Å². The molecule has 20 heteroatoms. The van der Waals surface area contributed by atoms with Crippen molar-refractivity contribution in [1.82, 2.24) is 38.5 Å². The zero-order chi connectivity index (χ0) is 69.5. The van der Waals surface area contributed by atoms with Crippen LogP contribution >= 0.6 is 0 Å². The topological polar surface area (TPSA) is 140 Å². The van der Waals surface area contributed by atoms with Crippen LogP contribution in [-0.2, 0) is 84.0 Å². The summed E-state index contributed by atoms with van der Waals surface area (Å²) in [5, 5.41) is 2.62. The predicted molar refractivity (Wildman–Crippen MR) is 404 cm³/mol. The molecule has 572 valence electrons. The highest BCUT2D eigenvalue weighted by Gasteiger charge is 2.17. The number of ether oxygens (including phenoxy) is 12. The van der Waals surface area contributed by atoms with Gasteiger partial charge in [0.2, 0.25) is 0 Å². The minimum absolute atomic E-state index is 0.618. The second kappa shape index (κ2) is 57.1. The van der Waals surface area contributed by atoms with Crippen LogP contribution in [0.1, 0.15) is 140 Å². The van der Waals surface area contributed by atoms with E-state index in [1.54, 1.807) is 0 Å². The summed E-state index contributed by atoms with van der Waals surface area (Å²) in [5.41, 5.74) is 5.21. The molecule has 3 fully saturated rings. The van der Waals surface area contributed by atoms with E-state index in [9.17, 15) is 0 Å². The van der Waals surface area contributed by atoms with Crippen molar-refractivity contribution in [3.8, 4) is 0 Å². The Morgan fingerprint density at radius 1 is 0.220 bits per heavy atom. The smallest absolute Gasteiger partial charge is 0.0701 e. The van der Waals surface area contributed by atoms with E-state index in [0.29, 0.717) is 106 Å². The number of unbranched alkanes of at least 4 members (excludes halogenated alkanes) is 18. The third-order valence-corrected chi connectivity index (χ3v) is 20.0. The number of hydrogen-bond acceptors (Lipinski definition) is 18. The Hall–Kier alpha value is -3.20. The predicted octanol–water partition coefficient (Wildman–Crippen LogP) is 11.2. The number of fused-ring (bicyclic) bond motifs is 2. The third-order valence-electron chi connectivity index (χ3n) is 20.0. The molecule has 0 atom stereocenters. The molecule has 0 N–H and O–H groups in total. The molecular formula is C80H140N8O12. The van der Waals surface area contributed by atoms with Crippen LogP contribution in [0.4, 0.5) is 0 Å².